The van der Waals surface area contributed by atoms with Gasteiger partial charge < -0.3 is 15.7 Å². The number of amides is 1. The molecule has 1 aliphatic rings. The van der Waals surface area contributed by atoms with Crippen LogP contribution in [0.2, 0.25) is 0 Å². The Kier molecular flexibility index (Phi) is 5.97. The van der Waals surface area contributed by atoms with E-state index in [9.17, 15) is 9.59 Å². The second-order valence-electron chi connectivity index (χ2n) is 4.68. The van der Waals surface area contributed by atoms with Gasteiger partial charge in [0.1, 0.15) is 0 Å². The lowest BCUT2D eigenvalue weighted by Gasteiger charge is -2.26. The van der Waals surface area contributed by atoms with Gasteiger partial charge in [0.2, 0.25) is 5.91 Å². The SMILES string of the molecule is CC(=O)NCCCNC1CCC(C(=O)O)CC1. The smallest absolute Gasteiger partial charge is 0.306 e. The van der Waals surface area contributed by atoms with Crippen LogP contribution in [0.25, 0.3) is 0 Å². The van der Waals surface area contributed by atoms with Crippen molar-refractivity contribution in [2.24, 2.45) is 5.92 Å². The predicted octanol–water partition coefficient (Wildman–Crippen LogP) is 0.746. The summed E-state index contributed by atoms with van der Waals surface area (Å²) in [6.07, 6.45) is 4.35. The number of hydrogen-bond donors (Lipinski definition) is 3. The van der Waals surface area contributed by atoms with E-state index in [1.54, 1.807) is 0 Å². The molecule has 0 saturated heterocycles. The highest BCUT2D eigenvalue weighted by atomic mass is 16.4. The van der Waals surface area contributed by atoms with Crippen molar-refractivity contribution in [3.63, 3.8) is 0 Å². The first kappa shape index (κ1) is 14.0. The molecule has 3 N–H and O–H groups in total. The Morgan fingerprint density at radius 3 is 2.35 bits per heavy atom. The van der Waals surface area contributed by atoms with Gasteiger partial charge in [0.15, 0.2) is 0 Å². The molecule has 5 nitrogen and oxygen atoms in total. The lowest BCUT2D eigenvalue weighted by Crippen LogP contribution is -2.36. The minimum atomic E-state index is -0.658. The fourth-order valence-electron chi connectivity index (χ4n) is 2.20. The first-order valence-electron chi connectivity index (χ1n) is 6.30. The molecule has 0 radical (unpaired) electrons. The maximum Gasteiger partial charge on any atom is 0.306 e. The van der Waals surface area contributed by atoms with Crippen LogP contribution in [0, 0.1) is 5.92 Å². The van der Waals surface area contributed by atoms with Gasteiger partial charge in [-0.05, 0) is 38.6 Å². The fraction of sp³-hybridized carbons (Fsp3) is 0.833. The monoisotopic (exact) mass is 242 g/mol. The summed E-state index contributed by atoms with van der Waals surface area (Å²) in [6.45, 7) is 3.09. The lowest BCUT2D eigenvalue weighted by molar-refractivity contribution is -0.142. The number of rotatable bonds is 6. The first-order valence-corrected chi connectivity index (χ1v) is 6.30. The summed E-state index contributed by atoms with van der Waals surface area (Å²) in [6, 6.07) is 0.447. The van der Waals surface area contributed by atoms with E-state index in [2.05, 4.69) is 10.6 Å². The number of carboxylic acids is 1. The highest BCUT2D eigenvalue weighted by Gasteiger charge is 2.25. The van der Waals surface area contributed by atoms with Crippen LogP contribution in [0.15, 0.2) is 0 Å². The third-order valence-corrected chi connectivity index (χ3v) is 3.24. The van der Waals surface area contributed by atoms with E-state index in [1.165, 1.54) is 6.92 Å². The van der Waals surface area contributed by atoms with E-state index in [4.69, 9.17) is 5.11 Å². The average Bonchev–Trinajstić information content (AvgIpc) is 2.29. The van der Waals surface area contributed by atoms with Crippen molar-refractivity contribution < 1.29 is 14.7 Å². The Hall–Kier alpha value is -1.10. The predicted molar refractivity (Wildman–Crippen MR) is 64.7 cm³/mol. The van der Waals surface area contributed by atoms with Gasteiger partial charge in [-0.2, -0.15) is 0 Å². The minimum Gasteiger partial charge on any atom is -0.481 e. The molecule has 0 aromatic rings. The van der Waals surface area contributed by atoms with Crippen molar-refractivity contribution in [3.05, 3.63) is 0 Å². The summed E-state index contributed by atoms with van der Waals surface area (Å²) < 4.78 is 0. The van der Waals surface area contributed by atoms with Gasteiger partial charge in [-0.15, -0.1) is 0 Å². The van der Waals surface area contributed by atoms with Crippen LogP contribution in [-0.2, 0) is 9.59 Å². The normalized spacial score (nSPS) is 24.3. The zero-order chi connectivity index (χ0) is 12.7. The maximum absolute atomic E-state index is 10.8. The molecule has 0 aliphatic heterocycles. The Balaban J connectivity index is 2.02. The van der Waals surface area contributed by atoms with Crippen molar-refractivity contribution in [2.45, 2.75) is 45.1 Å². The molecule has 1 saturated carbocycles. The molecule has 0 atom stereocenters. The summed E-state index contributed by atoms with van der Waals surface area (Å²) >= 11 is 0. The molecule has 98 valence electrons. The summed E-state index contributed by atoms with van der Waals surface area (Å²) in [4.78, 5) is 21.4. The van der Waals surface area contributed by atoms with Crippen molar-refractivity contribution in [1.29, 1.82) is 0 Å². The number of carbonyl (C=O) groups is 2. The Morgan fingerprint density at radius 2 is 1.82 bits per heavy atom. The summed E-state index contributed by atoms with van der Waals surface area (Å²) in [5.41, 5.74) is 0. The largest absolute Gasteiger partial charge is 0.481 e. The standard InChI is InChI=1S/C12H22N2O3/c1-9(15)13-7-2-8-14-11-5-3-10(4-6-11)12(16)17/h10-11,14H,2-8H2,1H3,(H,13,15)(H,16,17). The highest BCUT2D eigenvalue weighted by Crippen LogP contribution is 2.24. The molecule has 1 aliphatic carbocycles. The van der Waals surface area contributed by atoms with Crippen molar-refractivity contribution in [1.82, 2.24) is 10.6 Å². The number of carbonyl (C=O) groups excluding carboxylic acids is 1. The van der Waals surface area contributed by atoms with Gasteiger partial charge >= 0.3 is 5.97 Å². The quantitative estimate of drug-likeness (QED) is 0.600. The number of nitrogens with one attached hydrogen (secondary N) is 2. The molecule has 1 rings (SSSR count). The molecular formula is C12H22N2O3. The molecule has 1 amide bonds. The molecule has 0 unspecified atom stereocenters. The number of hydrogen-bond acceptors (Lipinski definition) is 3. The van der Waals surface area contributed by atoms with Crippen LogP contribution in [0.5, 0.6) is 0 Å². The van der Waals surface area contributed by atoms with Crippen LogP contribution in [-0.4, -0.2) is 36.1 Å². The van der Waals surface area contributed by atoms with Gasteiger partial charge in [0, 0.05) is 19.5 Å². The molecule has 1 fully saturated rings. The van der Waals surface area contributed by atoms with Crippen LogP contribution in [0.3, 0.4) is 0 Å². The molecule has 5 heteroatoms. The van der Waals surface area contributed by atoms with Gasteiger partial charge in [0.05, 0.1) is 5.92 Å². The Morgan fingerprint density at radius 1 is 1.18 bits per heavy atom. The minimum absolute atomic E-state index is 0.00645. The number of carboxylic acid groups (broad SMARTS) is 1. The van der Waals surface area contributed by atoms with Crippen LogP contribution >= 0.6 is 0 Å². The molecular weight excluding hydrogens is 220 g/mol. The van der Waals surface area contributed by atoms with Crippen LogP contribution in [0.1, 0.15) is 39.0 Å². The van der Waals surface area contributed by atoms with Gasteiger partial charge in [-0.1, -0.05) is 0 Å². The topological polar surface area (TPSA) is 78.4 Å². The molecule has 17 heavy (non-hydrogen) atoms. The molecule has 0 bridgehead atoms. The van der Waals surface area contributed by atoms with E-state index < -0.39 is 5.97 Å². The Bertz CT molecular complexity index is 260. The highest BCUT2D eigenvalue weighted by molar-refractivity contribution is 5.72. The fourth-order valence-corrected chi connectivity index (χ4v) is 2.20. The third kappa shape index (κ3) is 5.68. The summed E-state index contributed by atoms with van der Waals surface area (Å²) in [7, 11) is 0. The van der Waals surface area contributed by atoms with E-state index in [0.29, 0.717) is 12.6 Å². The van der Waals surface area contributed by atoms with E-state index in [-0.39, 0.29) is 11.8 Å². The Labute approximate surface area is 102 Å². The first-order chi connectivity index (χ1) is 8.09. The van der Waals surface area contributed by atoms with Gasteiger partial charge in [0.25, 0.3) is 0 Å². The lowest BCUT2D eigenvalue weighted by atomic mass is 9.86. The third-order valence-electron chi connectivity index (χ3n) is 3.24. The molecule has 0 aromatic carbocycles. The maximum atomic E-state index is 10.8. The zero-order valence-corrected chi connectivity index (χ0v) is 10.4. The second-order valence-corrected chi connectivity index (χ2v) is 4.68. The van der Waals surface area contributed by atoms with Crippen molar-refractivity contribution in [2.75, 3.05) is 13.1 Å². The molecule has 0 spiro atoms. The summed E-state index contributed by atoms with van der Waals surface area (Å²) in [5.74, 6) is -0.798. The van der Waals surface area contributed by atoms with Gasteiger partial charge in [-0.25, -0.2) is 0 Å². The zero-order valence-electron chi connectivity index (χ0n) is 10.4. The molecule has 0 heterocycles. The average molecular weight is 242 g/mol. The second kappa shape index (κ2) is 7.27. The van der Waals surface area contributed by atoms with Gasteiger partial charge in [-0.3, -0.25) is 9.59 Å². The van der Waals surface area contributed by atoms with E-state index in [1.807, 2.05) is 0 Å². The van der Waals surface area contributed by atoms with E-state index >= 15 is 0 Å². The number of aliphatic carboxylic acids is 1. The van der Waals surface area contributed by atoms with Crippen LogP contribution in [0.4, 0.5) is 0 Å². The van der Waals surface area contributed by atoms with E-state index in [0.717, 1.165) is 38.6 Å². The van der Waals surface area contributed by atoms with Crippen LogP contribution < -0.4 is 10.6 Å². The summed E-state index contributed by atoms with van der Waals surface area (Å²) in [5, 5.41) is 15.0. The van der Waals surface area contributed by atoms with Crippen molar-refractivity contribution in [3.8, 4) is 0 Å². The van der Waals surface area contributed by atoms with Crippen molar-refractivity contribution >= 4 is 11.9 Å². The molecule has 0 aromatic heterocycles.